The van der Waals surface area contributed by atoms with Gasteiger partial charge < -0.3 is 9.84 Å². The van der Waals surface area contributed by atoms with Crippen molar-refractivity contribution in [2.45, 2.75) is 25.4 Å². The summed E-state index contributed by atoms with van der Waals surface area (Å²) in [6.45, 7) is 0.0774. The molecular weight excluding hydrogens is 269 g/mol. The third kappa shape index (κ3) is 3.15. The quantitative estimate of drug-likeness (QED) is 0.913. The highest BCUT2D eigenvalue weighted by Gasteiger charge is 2.34. The number of methoxy groups -OCH3 is 1. The van der Waals surface area contributed by atoms with Gasteiger partial charge in [-0.3, -0.25) is 0 Å². The van der Waals surface area contributed by atoms with Crippen molar-refractivity contribution in [1.29, 1.82) is 0 Å². The van der Waals surface area contributed by atoms with Crippen LogP contribution in [0.2, 0.25) is 0 Å². The molecule has 1 aliphatic carbocycles. The second-order valence-corrected chi connectivity index (χ2v) is 4.96. The maximum Gasteiger partial charge on any atom is 0.417 e. The Labute approximate surface area is 115 Å². The van der Waals surface area contributed by atoms with Crippen molar-refractivity contribution in [3.63, 3.8) is 0 Å². The van der Waals surface area contributed by atoms with Crippen molar-refractivity contribution in [1.82, 2.24) is 0 Å². The van der Waals surface area contributed by atoms with Crippen LogP contribution in [-0.4, -0.2) is 18.8 Å². The zero-order valence-electron chi connectivity index (χ0n) is 11.2. The first kappa shape index (κ1) is 14.9. The molecule has 0 radical (unpaired) electrons. The summed E-state index contributed by atoms with van der Waals surface area (Å²) in [6, 6.07) is 3.83. The van der Waals surface area contributed by atoms with E-state index in [4.69, 9.17) is 9.84 Å². The number of aliphatic hydroxyl groups excluding tert-OH is 1. The van der Waals surface area contributed by atoms with Crippen LogP contribution in [0.5, 0.6) is 5.75 Å². The van der Waals surface area contributed by atoms with E-state index in [2.05, 4.69) is 0 Å². The molecule has 0 amide bonds. The second kappa shape index (κ2) is 5.87. The zero-order valence-corrected chi connectivity index (χ0v) is 11.2. The lowest BCUT2D eigenvalue weighted by molar-refractivity contribution is -0.137. The van der Waals surface area contributed by atoms with E-state index in [1.807, 2.05) is 0 Å². The van der Waals surface area contributed by atoms with Gasteiger partial charge in [-0.1, -0.05) is 6.08 Å². The van der Waals surface area contributed by atoms with Gasteiger partial charge in [-0.05, 0) is 54.5 Å². The lowest BCUT2D eigenvalue weighted by Gasteiger charge is -2.23. The third-order valence-corrected chi connectivity index (χ3v) is 3.66. The minimum atomic E-state index is -4.38. The molecular formula is C15H17F3O2. The number of benzene rings is 1. The van der Waals surface area contributed by atoms with E-state index < -0.39 is 11.7 Å². The minimum absolute atomic E-state index is 0.0774. The lowest BCUT2D eigenvalue weighted by Crippen LogP contribution is -2.13. The van der Waals surface area contributed by atoms with E-state index in [1.165, 1.54) is 19.2 Å². The van der Waals surface area contributed by atoms with Crippen LogP contribution in [0, 0.1) is 5.92 Å². The van der Waals surface area contributed by atoms with Gasteiger partial charge in [-0.25, -0.2) is 0 Å². The molecule has 1 atom stereocenters. The highest BCUT2D eigenvalue weighted by molar-refractivity contribution is 5.70. The maximum absolute atomic E-state index is 13.1. The smallest absolute Gasteiger partial charge is 0.417 e. The Kier molecular flexibility index (Phi) is 4.38. The molecule has 0 aromatic heterocycles. The minimum Gasteiger partial charge on any atom is -0.497 e. The molecule has 0 spiro atoms. The van der Waals surface area contributed by atoms with Crippen LogP contribution in [-0.2, 0) is 6.18 Å². The summed E-state index contributed by atoms with van der Waals surface area (Å²) >= 11 is 0. The standard InChI is InChI=1S/C15H17F3O2/c1-20-12-6-7-14(15(16,17)18)13(8-12)11-4-2-10(9-19)3-5-11/h4,6-8,10,19H,2-3,5,9H2,1H3. The molecule has 1 aliphatic rings. The summed E-state index contributed by atoms with van der Waals surface area (Å²) in [7, 11) is 1.43. The molecule has 5 heteroatoms. The number of hydrogen-bond donors (Lipinski definition) is 1. The molecule has 0 fully saturated rings. The van der Waals surface area contributed by atoms with Gasteiger partial charge >= 0.3 is 6.18 Å². The van der Waals surface area contributed by atoms with Crippen LogP contribution in [0.3, 0.4) is 0 Å². The van der Waals surface area contributed by atoms with Gasteiger partial charge in [0.15, 0.2) is 0 Å². The number of rotatable bonds is 3. The van der Waals surface area contributed by atoms with E-state index in [0.717, 1.165) is 6.07 Å². The van der Waals surface area contributed by atoms with Gasteiger partial charge in [0.05, 0.1) is 12.7 Å². The molecule has 1 aromatic carbocycles. The second-order valence-electron chi connectivity index (χ2n) is 4.96. The maximum atomic E-state index is 13.1. The number of hydrogen-bond acceptors (Lipinski definition) is 2. The van der Waals surface area contributed by atoms with Gasteiger partial charge in [0.25, 0.3) is 0 Å². The van der Waals surface area contributed by atoms with E-state index >= 15 is 0 Å². The number of ether oxygens (including phenoxy) is 1. The topological polar surface area (TPSA) is 29.5 Å². The van der Waals surface area contributed by atoms with Gasteiger partial charge in [0.2, 0.25) is 0 Å². The Bertz CT molecular complexity index is 506. The Morgan fingerprint density at radius 3 is 2.60 bits per heavy atom. The Hall–Kier alpha value is -1.49. The Morgan fingerprint density at radius 1 is 1.35 bits per heavy atom. The predicted octanol–water partition coefficient (Wildman–Crippen LogP) is 3.89. The van der Waals surface area contributed by atoms with Crippen molar-refractivity contribution in [3.8, 4) is 5.75 Å². The fourth-order valence-corrected chi connectivity index (χ4v) is 2.46. The van der Waals surface area contributed by atoms with Crippen LogP contribution in [0.25, 0.3) is 5.57 Å². The fraction of sp³-hybridized carbons (Fsp3) is 0.467. The summed E-state index contributed by atoms with van der Waals surface area (Å²) in [5.74, 6) is 0.567. The third-order valence-electron chi connectivity index (χ3n) is 3.66. The molecule has 110 valence electrons. The average Bonchev–Trinajstić information content (AvgIpc) is 2.45. The van der Waals surface area contributed by atoms with Crippen LogP contribution >= 0.6 is 0 Å². The van der Waals surface area contributed by atoms with Gasteiger partial charge in [0.1, 0.15) is 5.75 Å². The summed E-state index contributed by atoms with van der Waals surface area (Å²) in [5, 5.41) is 9.08. The molecule has 0 bridgehead atoms. The van der Waals surface area contributed by atoms with Crippen LogP contribution in [0.4, 0.5) is 13.2 Å². The highest BCUT2D eigenvalue weighted by atomic mass is 19.4. The molecule has 20 heavy (non-hydrogen) atoms. The summed E-state index contributed by atoms with van der Waals surface area (Å²) in [5.41, 5.74) is 0.237. The summed E-state index contributed by atoms with van der Waals surface area (Å²) in [4.78, 5) is 0. The van der Waals surface area contributed by atoms with Crippen LogP contribution in [0.1, 0.15) is 30.4 Å². The molecule has 2 nitrogen and oxygen atoms in total. The Morgan fingerprint density at radius 2 is 2.10 bits per heavy atom. The molecule has 1 unspecified atom stereocenters. The molecule has 0 heterocycles. The summed E-state index contributed by atoms with van der Waals surface area (Å²) < 4.78 is 44.2. The fourth-order valence-electron chi connectivity index (χ4n) is 2.46. The van der Waals surface area contributed by atoms with E-state index in [9.17, 15) is 13.2 Å². The van der Waals surface area contributed by atoms with E-state index in [-0.39, 0.29) is 18.1 Å². The van der Waals surface area contributed by atoms with Crippen molar-refractivity contribution in [3.05, 3.63) is 35.4 Å². The average molecular weight is 286 g/mol. The van der Waals surface area contributed by atoms with E-state index in [1.54, 1.807) is 6.08 Å². The van der Waals surface area contributed by atoms with Gasteiger partial charge in [0, 0.05) is 6.61 Å². The number of alkyl halides is 3. The molecule has 1 N–H and O–H groups in total. The van der Waals surface area contributed by atoms with Crippen molar-refractivity contribution in [2.24, 2.45) is 5.92 Å². The molecule has 1 aromatic rings. The molecule has 2 rings (SSSR count). The summed E-state index contributed by atoms with van der Waals surface area (Å²) in [6.07, 6.45) is -0.719. The lowest BCUT2D eigenvalue weighted by atomic mass is 9.85. The largest absolute Gasteiger partial charge is 0.497 e. The Balaban J connectivity index is 2.41. The van der Waals surface area contributed by atoms with Crippen molar-refractivity contribution >= 4 is 5.57 Å². The monoisotopic (exact) mass is 286 g/mol. The zero-order chi connectivity index (χ0) is 14.8. The highest BCUT2D eigenvalue weighted by Crippen LogP contribution is 2.40. The predicted molar refractivity (Wildman–Crippen MR) is 70.4 cm³/mol. The van der Waals surface area contributed by atoms with Crippen molar-refractivity contribution < 1.29 is 23.0 Å². The number of aliphatic hydroxyl groups is 1. The van der Waals surface area contributed by atoms with Crippen LogP contribution in [0.15, 0.2) is 24.3 Å². The van der Waals surface area contributed by atoms with Crippen molar-refractivity contribution in [2.75, 3.05) is 13.7 Å². The normalized spacial score (nSPS) is 19.6. The van der Waals surface area contributed by atoms with Gasteiger partial charge in [-0.2, -0.15) is 13.2 Å². The van der Waals surface area contributed by atoms with E-state index in [0.29, 0.717) is 30.6 Å². The molecule has 0 saturated carbocycles. The first-order valence-corrected chi connectivity index (χ1v) is 6.51. The first-order valence-electron chi connectivity index (χ1n) is 6.51. The number of allylic oxidation sites excluding steroid dienone is 2. The SMILES string of the molecule is COc1ccc(C(F)(F)F)c(C2=CCC(CO)CC2)c1. The molecule has 0 aliphatic heterocycles. The van der Waals surface area contributed by atoms with Gasteiger partial charge in [-0.15, -0.1) is 0 Å². The van der Waals surface area contributed by atoms with Crippen LogP contribution < -0.4 is 4.74 Å². The first-order chi connectivity index (χ1) is 9.45. The number of halogens is 3. The molecule has 0 saturated heterocycles.